The summed E-state index contributed by atoms with van der Waals surface area (Å²) in [6, 6.07) is 27.8. The Morgan fingerprint density at radius 1 is 0.939 bits per heavy atom. The standard InChI is InChI=1S/C27H27N3O3/c1-32-25-14-8-11-22(15-25)19-33-20-26(31)28-16-24-18-30(17-21-9-4-2-5-10-21)29-27(24)23-12-6-3-7-13-23/h2-15,18H,16-17,19-20H2,1H3,(H,28,31). The SMILES string of the molecule is COc1cccc(COCC(=O)NCc2cn(Cc3ccccc3)nc2-c2ccccc2)c1. The summed E-state index contributed by atoms with van der Waals surface area (Å²) >= 11 is 0. The van der Waals surface area contributed by atoms with Crippen molar-refractivity contribution in [1.82, 2.24) is 15.1 Å². The number of rotatable bonds is 10. The normalized spacial score (nSPS) is 10.7. The predicted octanol–water partition coefficient (Wildman–Crippen LogP) is 4.44. The number of benzene rings is 3. The zero-order valence-electron chi connectivity index (χ0n) is 18.6. The van der Waals surface area contributed by atoms with Crippen molar-refractivity contribution in [3.05, 3.63) is 108 Å². The molecule has 0 atom stereocenters. The van der Waals surface area contributed by atoms with Crippen molar-refractivity contribution in [1.29, 1.82) is 0 Å². The molecule has 6 heteroatoms. The van der Waals surface area contributed by atoms with Gasteiger partial charge < -0.3 is 14.8 Å². The van der Waals surface area contributed by atoms with E-state index in [9.17, 15) is 4.79 Å². The highest BCUT2D eigenvalue weighted by molar-refractivity contribution is 5.77. The summed E-state index contributed by atoms with van der Waals surface area (Å²) in [4.78, 5) is 12.4. The summed E-state index contributed by atoms with van der Waals surface area (Å²) in [7, 11) is 1.62. The molecule has 1 heterocycles. The summed E-state index contributed by atoms with van der Waals surface area (Å²) < 4.78 is 12.7. The lowest BCUT2D eigenvalue weighted by atomic mass is 10.1. The van der Waals surface area contributed by atoms with Crippen LogP contribution in [0.2, 0.25) is 0 Å². The van der Waals surface area contributed by atoms with Crippen molar-refractivity contribution in [2.75, 3.05) is 13.7 Å². The van der Waals surface area contributed by atoms with Crippen LogP contribution in [0.1, 0.15) is 16.7 Å². The van der Waals surface area contributed by atoms with Gasteiger partial charge in [0.2, 0.25) is 5.91 Å². The molecular weight excluding hydrogens is 414 g/mol. The smallest absolute Gasteiger partial charge is 0.246 e. The Balaban J connectivity index is 1.38. The third-order valence-electron chi connectivity index (χ3n) is 5.18. The quantitative estimate of drug-likeness (QED) is 0.395. The van der Waals surface area contributed by atoms with Gasteiger partial charge in [0, 0.05) is 23.9 Å². The zero-order valence-corrected chi connectivity index (χ0v) is 18.6. The van der Waals surface area contributed by atoms with Gasteiger partial charge in [-0.1, -0.05) is 72.8 Å². The van der Waals surface area contributed by atoms with Gasteiger partial charge in [-0.15, -0.1) is 0 Å². The maximum atomic E-state index is 12.4. The predicted molar refractivity (Wildman–Crippen MR) is 128 cm³/mol. The average molecular weight is 442 g/mol. The number of methoxy groups -OCH3 is 1. The van der Waals surface area contributed by atoms with Gasteiger partial charge in [-0.2, -0.15) is 5.10 Å². The van der Waals surface area contributed by atoms with E-state index < -0.39 is 0 Å². The zero-order chi connectivity index (χ0) is 22.9. The van der Waals surface area contributed by atoms with E-state index in [1.165, 1.54) is 5.56 Å². The van der Waals surface area contributed by atoms with E-state index in [4.69, 9.17) is 14.6 Å². The number of nitrogens with zero attached hydrogens (tertiary/aromatic N) is 2. The molecule has 0 saturated heterocycles. The summed E-state index contributed by atoms with van der Waals surface area (Å²) in [6.45, 7) is 1.36. The van der Waals surface area contributed by atoms with Gasteiger partial charge in [-0.05, 0) is 23.3 Å². The van der Waals surface area contributed by atoms with Crippen LogP contribution in [-0.4, -0.2) is 29.4 Å². The van der Waals surface area contributed by atoms with Crippen molar-refractivity contribution in [2.45, 2.75) is 19.7 Å². The molecule has 1 amide bonds. The number of aromatic nitrogens is 2. The van der Waals surface area contributed by atoms with Gasteiger partial charge >= 0.3 is 0 Å². The van der Waals surface area contributed by atoms with Crippen LogP contribution in [0.4, 0.5) is 0 Å². The number of hydrogen-bond acceptors (Lipinski definition) is 4. The average Bonchev–Trinajstić information content (AvgIpc) is 3.26. The van der Waals surface area contributed by atoms with Gasteiger partial charge in [0.05, 0.1) is 26.0 Å². The molecule has 4 aromatic rings. The number of ether oxygens (including phenoxy) is 2. The molecule has 0 aliphatic rings. The molecule has 33 heavy (non-hydrogen) atoms. The van der Waals surface area contributed by atoms with E-state index in [2.05, 4.69) is 17.4 Å². The second-order valence-electron chi connectivity index (χ2n) is 7.67. The van der Waals surface area contributed by atoms with E-state index >= 15 is 0 Å². The molecule has 3 aromatic carbocycles. The third kappa shape index (κ3) is 6.30. The molecular formula is C27H27N3O3. The number of carbonyl (C=O) groups excluding carboxylic acids is 1. The molecule has 0 aliphatic carbocycles. The highest BCUT2D eigenvalue weighted by atomic mass is 16.5. The lowest BCUT2D eigenvalue weighted by molar-refractivity contribution is -0.126. The molecule has 0 fully saturated rings. The minimum atomic E-state index is -0.173. The van der Waals surface area contributed by atoms with Crippen LogP contribution >= 0.6 is 0 Å². The Morgan fingerprint density at radius 3 is 2.42 bits per heavy atom. The van der Waals surface area contributed by atoms with E-state index in [1.54, 1.807) is 7.11 Å². The van der Waals surface area contributed by atoms with E-state index in [0.717, 1.165) is 28.1 Å². The van der Waals surface area contributed by atoms with Gasteiger partial charge in [-0.3, -0.25) is 9.48 Å². The third-order valence-corrected chi connectivity index (χ3v) is 5.18. The van der Waals surface area contributed by atoms with E-state index in [-0.39, 0.29) is 12.5 Å². The number of carbonyl (C=O) groups is 1. The lowest BCUT2D eigenvalue weighted by Crippen LogP contribution is -2.27. The Hall–Kier alpha value is -3.90. The summed E-state index contributed by atoms with van der Waals surface area (Å²) in [5, 5.41) is 7.75. The van der Waals surface area contributed by atoms with Crippen molar-refractivity contribution in [2.24, 2.45) is 0 Å². The molecule has 1 N–H and O–H groups in total. The second kappa shape index (κ2) is 11.1. The van der Waals surface area contributed by atoms with Crippen LogP contribution in [0.15, 0.2) is 91.1 Å². The first kappa shape index (κ1) is 22.3. The largest absolute Gasteiger partial charge is 0.497 e. The minimum Gasteiger partial charge on any atom is -0.497 e. The lowest BCUT2D eigenvalue weighted by Gasteiger charge is -2.08. The van der Waals surface area contributed by atoms with E-state index in [1.807, 2.05) is 83.7 Å². The van der Waals surface area contributed by atoms with Crippen molar-refractivity contribution < 1.29 is 14.3 Å². The maximum Gasteiger partial charge on any atom is 0.246 e. The Labute approximate surface area is 193 Å². The molecule has 4 rings (SSSR count). The van der Waals surface area contributed by atoms with Crippen LogP contribution in [0.3, 0.4) is 0 Å². The van der Waals surface area contributed by atoms with Gasteiger partial charge in [-0.25, -0.2) is 0 Å². The summed E-state index contributed by atoms with van der Waals surface area (Å²) in [6.07, 6.45) is 1.99. The molecule has 1 aromatic heterocycles. The number of hydrogen-bond donors (Lipinski definition) is 1. The molecule has 0 unspecified atom stereocenters. The Morgan fingerprint density at radius 2 is 1.67 bits per heavy atom. The molecule has 0 bridgehead atoms. The molecule has 6 nitrogen and oxygen atoms in total. The van der Waals surface area contributed by atoms with Crippen molar-refractivity contribution in [3.63, 3.8) is 0 Å². The summed E-state index contributed by atoms with van der Waals surface area (Å²) in [5.41, 5.74) is 4.96. The van der Waals surface area contributed by atoms with Crippen LogP contribution in [0.25, 0.3) is 11.3 Å². The monoisotopic (exact) mass is 441 g/mol. The van der Waals surface area contributed by atoms with Gasteiger partial charge in [0.25, 0.3) is 0 Å². The second-order valence-corrected chi connectivity index (χ2v) is 7.67. The molecule has 0 radical (unpaired) electrons. The molecule has 0 spiro atoms. The number of amides is 1. The topological polar surface area (TPSA) is 65.4 Å². The first-order chi connectivity index (χ1) is 16.2. The van der Waals surface area contributed by atoms with Crippen LogP contribution in [0, 0.1) is 0 Å². The van der Waals surface area contributed by atoms with Crippen LogP contribution in [0.5, 0.6) is 5.75 Å². The van der Waals surface area contributed by atoms with Crippen molar-refractivity contribution >= 4 is 5.91 Å². The minimum absolute atomic E-state index is 0.0178. The Bertz CT molecular complexity index is 1170. The fraction of sp³-hybridized carbons (Fsp3) is 0.185. The highest BCUT2D eigenvalue weighted by Gasteiger charge is 2.13. The highest BCUT2D eigenvalue weighted by Crippen LogP contribution is 2.22. The van der Waals surface area contributed by atoms with Crippen LogP contribution in [-0.2, 0) is 29.2 Å². The molecule has 168 valence electrons. The maximum absolute atomic E-state index is 12.4. The van der Waals surface area contributed by atoms with Gasteiger partial charge in [0.15, 0.2) is 0 Å². The Kier molecular flexibility index (Phi) is 7.51. The van der Waals surface area contributed by atoms with E-state index in [0.29, 0.717) is 19.7 Å². The first-order valence-corrected chi connectivity index (χ1v) is 10.8. The van der Waals surface area contributed by atoms with Gasteiger partial charge in [0.1, 0.15) is 12.4 Å². The number of nitrogens with one attached hydrogen (secondary N) is 1. The fourth-order valence-corrected chi connectivity index (χ4v) is 3.55. The summed E-state index contributed by atoms with van der Waals surface area (Å²) in [5.74, 6) is 0.592. The fourth-order valence-electron chi connectivity index (χ4n) is 3.55. The van der Waals surface area contributed by atoms with Crippen LogP contribution < -0.4 is 10.1 Å². The first-order valence-electron chi connectivity index (χ1n) is 10.8. The van der Waals surface area contributed by atoms with Crippen molar-refractivity contribution in [3.8, 4) is 17.0 Å². The molecule has 0 saturated carbocycles. The molecule has 0 aliphatic heterocycles.